The number of anilines is 2. The molecule has 13 heteroatoms. The fraction of sp³-hybridized carbons (Fsp3) is 0.381. The zero-order valence-electron chi connectivity index (χ0n) is 18.6. The number of pyridine rings is 1. The van der Waals surface area contributed by atoms with Gasteiger partial charge in [0.05, 0.1) is 43.0 Å². The van der Waals surface area contributed by atoms with E-state index in [4.69, 9.17) is 9.47 Å². The van der Waals surface area contributed by atoms with Gasteiger partial charge in [0.25, 0.3) is 5.91 Å². The summed E-state index contributed by atoms with van der Waals surface area (Å²) in [6.07, 6.45) is -2.57. The van der Waals surface area contributed by atoms with E-state index in [1.165, 1.54) is 25.4 Å². The molecule has 0 radical (unpaired) electrons. The van der Waals surface area contributed by atoms with Crippen LogP contribution >= 0.6 is 0 Å². The minimum absolute atomic E-state index is 0.0395. The first-order chi connectivity index (χ1) is 16.2. The lowest BCUT2D eigenvalue weighted by Gasteiger charge is -2.36. The van der Waals surface area contributed by atoms with Crippen molar-refractivity contribution in [3.05, 3.63) is 47.9 Å². The van der Waals surface area contributed by atoms with E-state index in [1.54, 1.807) is 12.1 Å². The molecule has 1 fully saturated rings. The van der Waals surface area contributed by atoms with Crippen LogP contribution in [0.15, 0.2) is 36.7 Å². The number of nitrogens with zero attached hydrogens (tertiary/aromatic N) is 6. The van der Waals surface area contributed by atoms with Gasteiger partial charge in [0, 0.05) is 19.2 Å². The van der Waals surface area contributed by atoms with Gasteiger partial charge in [0.15, 0.2) is 11.5 Å². The van der Waals surface area contributed by atoms with Crippen LogP contribution in [0.2, 0.25) is 0 Å². The topological polar surface area (TPSA) is 107 Å². The normalized spacial score (nSPS) is 18.6. The van der Waals surface area contributed by atoms with Crippen molar-refractivity contribution in [2.24, 2.45) is 0 Å². The highest BCUT2D eigenvalue weighted by molar-refractivity contribution is 6.05. The van der Waals surface area contributed by atoms with Crippen LogP contribution in [-0.4, -0.2) is 63.3 Å². The van der Waals surface area contributed by atoms with Crippen molar-refractivity contribution in [1.29, 1.82) is 0 Å². The summed E-state index contributed by atoms with van der Waals surface area (Å²) < 4.78 is 52.6. The van der Waals surface area contributed by atoms with E-state index in [2.05, 4.69) is 25.6 Å². The number of ether oxygens (including phenoxy) is 2. The molecule has 34 heavy (non-hydrogen) atoms. The highest BCUT2D eigenvalue weighted by Gasteiger charge is 2.41. The maximum absolute atomic E-state index is 13.9. The summed E-state index contributed by atoms with van der Waals surface area (Å²) in [4.78, 5) is 19.1. The van der Waals surface area contributed by atoms with Gasteiger partial charge in [-0.15, -0.1) is 10.2 Å². The molecule has 10 nitrogen and oxygen atoms in total. The van der Waals surface area contributed by atoms with E-state index in [1.807, 2.05) is 18.7 Å². The van der Waals surface area contributed by atoms with Gasteiger partial charge in [0.2, 0.25) is 5.88 Å². The molecule has 1 amide bonds. The molecule has 180 valence electrons. The number of amides is 1. The van der Waals surface area contributed by atoms with Gasteiger partial charge in [-0.1, -0.05) is 0 Å². The average Bonchev–Trinajstić information content (AvgIpc) is 3.25. The molecule has 0 saturated carbocycles. The van der Waals surface area contributed by atoms with Crippen LogP contribution in [0, 0.1) is 0 Å². The molecule has 1 aliphatic heterocycles. The Bertz CT molecular complexity index is 1140. The van der Waals surface area contributed by atoms with Crippen LogP contribution in [0.25, 0.3) is 5.82 Å². The third kappa shape index (κ3) is 4.93. The lowest BCUT2D eigenvalue weighted by atomic mass is 10.2. The van der Waals surface area contributed by atoms with E-state index < -0.39 is 23.3 Å². The Morgan fingerprint density at radius 2 is 1.79 bits per heavy atom. The van der Waals surface area contributed by atoms with E-state index in [0.717, 1.165) is 6.20 Å². The maximum atomic E-state index is 13.9. The molecule has 3 aromatic rings. The third-order valence-electron chi connectivity index (χ3n) is 5.08. The number of carbonyl (C=O) groups is 1. The first-order valence-electron chi connectivity index (χ1n) is 10.4. The molecule has 0 bridgehead atoms. The summed E-state index contributed by atoms with van der Waals surface area (Å²) in [5, 5.41) is 13.5. The Labute approximate surface area is 192 Å². The highest BCUT2D eigenvalue weighted by atomic mass is 19.4. The number of carbonyl (C=O) groups excluding carboxylic acids is 1. The summed E-state index contributed by atoms with van der Waals surface area (Å²) in [5.41, 5.74) is -1.69. The van der Waals surface area contributed by atoms with Gasteiger partial charge < -0.3 is 19.7 Å². The molecule has 1 aliphatic rings. The number of alkyl halides is 3. The second-order valence-corrected chi connectivity index (χ2v) is 7.77. The lowest BCUT2D eigenvalue weighted by molar-refractivity contribution is -0.143. The largest absolute Gasteiger partial charge is 0.480 e. The second kappa shape index (κ2) is 9.25. The van der Waals surface area contributed by atoms with Gasteiger partial charge in [0.1, 0.15) is 5.82 Å². The average molecular weight is 477 g/mol. The zero-order chi connectivity index (χ0) is 24.5. The molecule has 0 aliphatic carbocycles. The number of rotatable bonds is 5. The van der Waals surface area contributed by atoms with Crippen molar-refractivity contribution in [1.82, 2.24) is 25.0 Å². The number of aromatic nitrogens is 5. The van der Waals surface area contributed by atoms with Crippen LogP contribution in [0.5, 0.6) is 5.88 Å². The zero-order valence-corrected chi connectivity index (χ0v) is 18.6. The number of methoxy groups -OCH3 is 1. The first kappa shape index (κ1) is 23.4. The summed E-state index contributed by atoms with van der Waals surface area (Å²) >= 11 is 0. The molecule has 4 heterocycles. The van der Waals surface area contributed by atoms with E-state index in [0.29, 0.717) is 23.6 Å². The van der Waals surface area contributed by atoms with Gasteiger partial charge in [-0.25, -0.2) is 9.67 Å². The van der Waals surface area contributed by atoms with Crippen molar-refractivity contribution < 1.29 is 27.4 Å². The van der Waals surface area contributed by atoms with Crippen molar-refractivity contribution >= 4 is 17.4 Å². The monoisotopic (exact) mass is 477 g/mol. The van der Waals surface area contributed by atoms with Gasteiger partial charge in [-0.05, 0) is 32.0 Å². The Kier molecular flexibility index (Phi) is 6.37. The van der Waals surface area contributed by atoms with Crippen molar-refractivity contribution in [2.75, 3.05) is 30.4 Å². The Hall–Kier alpha value is -3.74. The molecule has 1 saturated heterocycles. The Balaban J connectivity index is 1.55. The summed E-state index contributed by atoms with van der Waals surface area (Å²) in [6, 6.07) is 5.87. The van der Waals surface area contributed by atoms with E-state index in [-0.39, 0.29) is 29.6 Å². The molecular weight excluding hydrogens is 455 g/mol. The van der Waals surface area contributed by atoms with Crippen LogP contribution < -0.4 is 15.0 Å². The van der Waals surface area contributed by atoms with Crippen molar-refractivity contribution in [3.63, 3.8) is 0 Å². The van der Waals surface area contributed by atoms with Crippen LogP contribution in [-0.2, 0) is 10.9 Å². The summed E-state index contributed by atoms with van der Waals surface area (Å²) in [5.74, 6) is -0.392. The quantitative estimate of drug-likeness (QED) is 0.598. The fourth-order valence-corrected chi connectivity index (χ4v) is 3.71. The SMILES string of the molecule is COc1ccc(-n2ncc(C(=O)Nc3ccc(N4CC(C)OC(C)C4)nc3)c2C(F)(F)F)nn1. The number of hydrogen-bond donors (Lipinski definition) is 1. The number of hydrogen-bond acceptors (Lipinski definition) is 8. The minimum atomic E-state index is -4.88. The lowest BCUT2D eigenvalue weighted by Crippen LogP contribution is -2.45. The van der Waals surface area contributed by atoms with Crippen LogP contribution in [0.3, 0.4) is 0 Å². The number of halogens is 3. The highest BCUT2D eigenvalue weighted by Crippen LogP contribution is 2.33. The van der Waals surface area contributed by atoms with Gasteiger partial charge in [-0.3, -0.25) is 4.79 Å². The molecular formula is C21H22F3N7O3. The maximum Gasteiger partial charge on any atom is 0.434 e. The molecule has 3 aromatic heterocycles. The van der Waals surface area contributed by atoms with E-state index >= 15 is 0 Å². The van der Waals surface area contributed by atoms with E-state index in [9.17, 15) is 18.0 Å². The molecule has 1 N–H and O–H groups in total. The predicted molar refractivity (Wildman–Crippen MR) is 115 cm³/mol. The minimum Gasteiger partial charge on any atom is -0.480 e. The van der Waals surface area contributed by atoms with Crippen LogP contribution in [0.4, 0.5) is 24.7 Å². The van der Waals surface area contributed by atoms with Crippen molar-refractivity contribution in [3.8, 4) is 11.7 Å². The molecule has 2 atom stereocenters. The smallest absolute Gasteiger partial charge is 0.434 e. The molecule has 2 unspecified atom stereocenters. The van der Waals surface area contributed by atoms with Gasteiger partial charge >= 0.3 is 6.18 Å². The summed E-state index contributed by atoms with van der Waals surface area (Å²) in [6.45, 7) is 5.25. The molecule has 0 spiro atoms. The third-order valence-corrected chi connectivity index (χ3v) is 5.08. The second-order valence-electron chi connectivity index (χ2n) is 7.77. The molecule has 4 rings (SSSR count). The fourth-order valence-electron chi connectivity index (χ4n) is 3.71. The Morgan fingerprint density at radius 3 is 2.35 bits per heavy atom. The molecule has 0 aromatic carbocycles. The standard InChI is InChI=1S/C21H22F3N7O3/c1-12-10-30(11-13(2)34-12)16-5-4-14(8-25-16)27-20(32)15-9-26-31(19(15)21(22,23)24)17-6-7-18(33-3)29-28-17/h4-9,12-13H,10-11H2,1-3H3,(H,27,32). The van der Waals surface area contributed by atoms with Crippen molar-refractivity contribution in [2.45, 2.75) is 32.2 Å². The predicted octanol–water partition coefficient (Wildman–Crippen LogP) is 2.95. The summed E-state index contributed by atoms with van der Waals surface area (Å²) in [7, 11) is 1.35. The first-order valence-corrected chi connectivity index (χ1v) is 10.4. The Morgan fingerprint density at radius 1 is 1.09 bits per heavy atom. The van der Waals surface area contributed by atoms with Gasteiger partial charge in [-0.2, -0.15) is 18.3 Å². The number of nitrogens with one attached hydrogen (secondary N) is 1. The number of morpholine rings is 1. The van der Waals surface area contributed by atoms with Crippen LogP contribution in [0.1, 0.15) is 29.9 Å².